The number of ether oxygens (including phenoxy) is 2. The average molecular weight is 521 g/mol. The standard InChI is InChI=1S/C32H44N2O4/c1-8-37-31(36)30(38-32(5,6)7)29-23(4)26-19-33(20-27(35)34-16-10-9-11-17-34)18-25(26)22(3)28(29)24-14-12-21(2)13-15-24/h12-15,30H,8-11,16-20H2,1-7H3/t30-/m0/s1. The number of hydrogen-bond acceptors (Lipinski definition) is 5. The molecule has 0 spiro atoms. The largest absolute Gasteiger partial charge is 0.464 e. The molecule has 1 fully saturated rings. The zero-order valence-corrected chi connectivity index (χ0v) is 24.3. The highest BCUT2D eigenvalue weighted by atomic mass is 16.6. The van der Waals surface area contributed by atoms with Gasteiger partial charge in [-0.15, -0.1) is 0 Å². The Labute approximate surface area is 228 Å². The third-order valence-corrected chi connectivity index (χ3v) is 7.72. The summed E-state index contributed by atoms with van der Waals surface area (Å²) in [7, 11) is 0. The van der Waals surface area contributed by atoms with Gasteiger partial charge in [-0.05, 0) is 101 Å². The molecule has 2 aliphatic heterocycles. The molecule has 0 aromatic heterocycles. The van der Waals surface area contributed by atoms with Gasteiger partial charge in [0.1, 0.15) is 0 Å². The predicted molar refractivity (Wildman–Crippen MR) is 151 cm³/mol. The van der Waals surface area contributed by atoms with Crippen LogP contribution in [0.2, 0.25) is 0 Å². The number of carbonyl (C=O) groups excluding carboxylic acids is 2. The maximum atomic E-state index is 13.4. The number of esters is 1. The van der Waals surface area contributed by atoms with Gasteiger partial charge in [-0.2, -0.15) is 0 Å². The van der Waals surface area contributed by atoms with Crippen molar-refractivity contribution in [3.63, 3.8) is 0 Å². The van der Waals surface area contributed by atoms with Gasteiger partial charge in [-0.1, -0.05) is 29.8 Å². The molecular formula is C32H44N2O4. The van der Waals surface area contributed by atoms with Crippen molar-refractivity contribution in [3.8, 4) is 11.1 Å². The fraction of sp³-hybridized carbons (Fsp3) is 0.562. The number of benzene rings is 2. The SMILES string of the molecule is CCOC(=O)[C@@H](OC(C)(C)C)c1c(C)c2c(c(C)c1-c1ccc(C)cc1)CN(CC(=O)N1CCCCC1)C2. The van der Waals surface area contributed by atoms with Crippen LogP contribution in [0.1, 0.15) is 86.4 Å². The van der Waals surface area contributed by atoms with Crippen LogP contribution in [0.25, 0.3) is 11.1 Å². The second-order valence-electron chi connectivity index (χ2n) is 11.8. The molecule has 2 heterocycles. The molecule has 2 aliphatic rings. The number of aryl methyl sites for hydroxylation is 1. The molecule has 2 aromatic carbocycles. The molecule has 1 atom stereocenters. The van der Waals surface area contributed by atoms with Crippen molar-refractivity contribution < 1.29 is 19.1 Å². The summed E-state index contributed by atoms with van der Waals surface area (Å²) in [5.74, 6) is -0.152. The highest BCUT2D eigenvalue weighted by Crippen LogP contribution is 2.44. The van der Waals surface area contributed by atoms with E-state index in [2.05, 4.69) is 49.9 Å². The van der Waals surface area contributed by atoms with E-state index in [-0.39, 0.29) is 18.5 Å². The number of likely N-dealkylation sites (tertiary alicyclic amines) is 1. The van der Waals surface area contributed by atoms with Gasteiger partial charge >= 0.3 is 5.97 Å². The number of rotatable bonds is 7. The first-order chi connectivity index (χ1) is 18.0. The Hall–Kier alpha value is -2.70. The lowest BCUT2D eigenvalue weighted by Crippen LogP contribution is -2.41. The van der Waals surface area contributed by atoms with Crippen molar-refractivity contribution in [2.24, 2.45) is 0 Å². The normalized spacial score (nSPS) is 16.9. The molecule has 6 heteroatoms. The minimum Gasteiger partial charge on any atom is -0.464 e. The molecule has 0 bridgehead atoms. The highest BCUT2D eigenvalue weighted by molar-refractivity contribution is 5.85. The first kappa shape index (κ1) is 28.3. The van der Waals surface area contributed by atoms with E-state index in [1.807, 2.05) is 32.6 Å². The van der Waals surface area contributed by atoms with Gasteiger partial charge in [0, 0.05) is 31.7 Å². The average Bonchev–Trinajstić information content (AvgIpc) is 3.30. The second kappa shape index (κ2) is 11.6. The van der Waals surface area contributed by atoms with Crippen molar-refractivity contribution in [2.75, 3.05) is 26.2 Å². The van der Waals surface area contributed by atoms with Gasteiger partial charge < -0.3 is 14.4 Å². The van der Waals surface area contributed by atoms with Gasteiger partial charge in [0.25, 0.3) is 0 Å². The van der Waals surface area contributed by atoms with Gasteiger partial charge in [0.05, 0.1) is 18.8 Å². The van der Waals surface area contributed by atoms with Crippen molar-refractivity contribution in [3.05, 3.63) is 57.6 Å². The van der Waals surface area contributed by atoms with Crippen LogP contribution in [0, 0.1) is 20.8 Å². The quantitative estimate of drug-likeness (QED) is 0.418. The summed E-state index contributed by atoms with van der Waals surface area (Å²) in [6.07, 6.45) is 2.55. The van der Waals surface area contributed by atoms with Crippen molar-refractivity contribution in [1.29, 1.82) is 0 Å². The van der Waals surface area contributed by atoms with Gasteiger partial charge in [-0.25, -0.2) is 4.79 Å². The van der Waals surface area contributed by atoms with E-state index >= 15 is 0 Å². The fourth-order valence-electron chi connectivity index (χ4n) is 5.85. The number of fused-ring (bicyclic) bond motifs is 1. The summed E-state index contributed by atoms with van der Waals surface area (Å²) in [5, 5.41) is 0. The molecule has 1 amide bonds. The second-order valence-corrected chi connectivity index (χ2v) is 11.8. The molecule has 38 heavy (non-hydrogen) atoms. The Morgan fingerprint density at radius 1 is 0.921 bits per heavy atom. The lowest BCUT2D eigenvalue weighted by Gasteiger charge is -2.31. The number of piperidine rings is 1. The number of carbonyl (C=O) groups is 2. The number of hydrogen-bond donors (Lipinski definition) is 0. The van der Waals surface area contributed by atoms with Crippen LogP contribution in [-0.4, -0.2) is 53.5 Å². The van der Waals surface area contributed by atoms with E-state index in [0.29, 0.717) is 13.1 Å². The van der Waals surface area contributed by atoms with Crippen LogP contribution in [0.5, 0.6) is 0 Å². The Morgan fingerprint density at radius 2 is 1.53 bits per heavy atom. The van der Waals surface area contributed by atoms with Crippen LogP contribution in [0.15, 0.2) is 24.3 Å². The van der Waals surface area contributed by atoms with Gasteiger partial charge in [0.15, 0.2) is 6.10 Å². The molecule has 4 rings (SSSR count). The zero-order valence-electron chi connectivity index (χ0n) is 24.3. The summed E-state index contributed by atoms with van der Waals surface area (Å²) < 4.78 is 12.0. The molecule has 0 N–H and O–H groups in total. The summed E-state index contributed by atoms with van der Waals surface area (Å²) >= 11 is 0. The fourth-order valence-corrected chi connectivity index (χ4v) is 5.85. The molecule has 206 valence electrons. The van der Waals surface area contributed by atoms with Crippen LogP contribution >= 0.6 is 0 Å². The van der Waals surface area contributed by atoms with Gasteiger partial charge in [-0.3, -0.25) is 9.69 Å². The maximum absolute atomic E-state index is 13.4. The maximum Gasteiger partial charge on any atom is 0.339 e. The smallest absolute Gasteiger partial charge is 0.339 e. The molecule has 0 saturated carbocycles. The lowest BCUT2D eigenvalue weighted by atomic mass is 9.83. The molecule has 2 aromatic rings. The zero-order chi connectivity index (χ0) is 27.6. The Kier molecular flexibility index (Phi) is 8.63. The van der Waals surface area contributed by atoms with Crippen LogP contribution in [0.3, 0.4) is 0 Å². The first-order valence-electron chi connectivity index (χ1n) is 14.1. The minimum absolute atomic E-state index is 0.215. The van der Waals surface area contributed by atoms with Gasteiger partial charge in [0.2, 0.25) is 5.91 Å². The Balaban J connectivity index is 1.80. The van der Waals surface area contributed by atoms with Crippen molar-refractivity contribution in [2.45, 2.75) is 92.5 Å². The van der Waals surface area contributed by atoms with E-state index in [0.717, 1.165) is 60.3 Å². The monoisotopic (exact) mass is 520 g/mol. The Bertz CT molecular complexity index is 1170. The molecule has 6 nitrogen and oxygen atoms in total. The highest BCUT2D eigenvalue weighted by Gasteiger charge is 2.36. The van der Waals surface area contributed by atoms with Crippen LogP contribution < -0.4 is 0 Å². The van der Waals surface area contributed by atoms with E-state index in [1.165, 1.54) is 23.1 Å². The van der Waals surface area contributed by atoms with E-state index in [1.54, 1.807) is 0 Å². The summed E-state index contributed by atoms with van der Waals surface area (Å²) in [6.45, 7) is 17.9. The minimum atomic E-state index is -0.848. The number of nitrogens with zero attached hydrogens (tertiary/aromatic N) is 2. The molecule has 0 unspecified atom stereocenters. The van der Waals surface area contributed by atoms with Crippen molar-refractivity contribution in [1.82, 2.24) is 9.80 Å². The molecule has 1 saturated heterocycles. The third-order valence-electron chi connectivity index (χ3n) is 7.72. The summed E-state index contributed by atoms with van der Waals surface area (Å²) in [5.41, 5.74) is 8.26. The Morgan fingerprint density at radius 3 is 2.11 bits per heavy atom. The molecule has 0 radical (unpaired) electrons. The first-order valence-corrected chi connectivity index (χ1v) is 14.1. The lowest BCUT2D eigenvalue weighted by molar-refractivity contribution is -0.166. The number of amides is 1. The van der Waals surface area contributed by atoms with Crippen molar-refractivity contribution >= 4 is 11.9 Å². The topological polar surface area (TPSA) is 59.1 Å². The predicted octanol–water partition coefficient (Wildman–Crippen LogP) is 6.03. The van der Waals surface area contributed by atoms with E-state index in [4.69, 9.17) is 9.47 Å². The third kappa shape index (κ3) is 6.13. The molecular weight excluding hydrogens is 476 g/mol. The summed E-state index contributed by atoms with van der Waals surface area (Å²) in [6, 6.07) is 8.46. The van der Waals surface area contributed by atoms with Crippen LogP contribution in [0.4, 0.5) is 0 Å². The van der Waals surface area contributed by atoms with Crippen LogP contribution in [-0.2, 0) is 32.2 Å². The molecule has 0 aliphatic carbocycles. The van der Waals surface area contributed by atoms with E-state index < -0.39 is 11.7 Å². The van der Waals surface area contributed by atoms with E-state index in [9.17, 15) is 9.59 Å². The summed E-state index contributed by atoms with van der Waals surface area (Å²) in [4.78, 5) is 30.8.